The van der Waals surface area contributed by atoms with Crippen LogP contribution in [0.15, 0.2) is 12.1 Å². The summed E-state index contributed by atoms with van der Waals surface area (Å²) in [5.74, 6) is 4.56. The summed E-state index contributed by atoms with van der Waals surface area (Å²) in [5.41, 5.74) is 2.10. The molecule has 0 aliphatic rings. The van der Waals surface area contributed by atoms with E-state index in [0.717, 1.165) is 4.88 Å². The van der Waals surface area contributed by atoms with E-state index in [-0.39, 0.29) is 11.8 Å². The minimum Gasteiger partial charge on any atom is -0.294 e. The van der Waals surface area contributed by atoms with Gasteiger partial charge in [0.15, 0.2) is 0 Å². The van der Waals surface area contributed by atoms with Gasteiger partial charge in [-0.15, -0.1) is 11.3 Å². The molecule has 0 aromatic carbocycles. The van der Waals surface area contributed by atoms with E-state index in [1.165, 1.54) is 11.3 Å². The van der Waals surface area contributed by atoms with Crippen molar-refractivity contribution in [2.24, 2.45) is 5.84 Å². The molecule has 1 aromatic heterocycles. The number of carbonyl (C=O) groups is 1. The fourth-order valence-corrected chi connectivity index (χ4v) is 1.93. The van der Waals surface area contributed by atoms with Crippen LogP contribution < -0.4 is 11.3 Å². The molecule has 1 heterocycles. The van der Waals surface area contributed by atoms with Gasteiger partial charge in [-0.3, -0.25) is 10.2 Å². The van der Waals surface area contributed by atoms with E-state index in [9.17, 15) is 4.79 Å². The SMILES string of the molecule is CC(C(=O)NN)c1ccc(Cl)s1. The summed E-state index contributed by atoms with van der Waals surface area (Å²) >= 11 is 7.10. The van der Waals surface area contributed by atoms with Crippen LogP contribution in [0, 0.1) is 0 Å². The molecule has 0 saturated carbocycles. The van der Waals surface area contributed by atoms with Gasteiger partial charge in [-0.1, -0.05) is 11.6 Å². The molecule has 5 heteroatoms. The van der Waals surface area contributed by atoms with Crippen LogP contribution in [0.3, 0.4) is 0 Å². The highest BCUT2D eigenvalue weighted by atomic mass is 35.5. The maximum atomic E-state index is 11.0. The number of hydrogen-bond donors (Lipinski definition) is 2. The van der Waals surface area contributed by atoms with Gasteiger partial charge in [-0.25, -0.2) is 5.84 Å². The smallest absolute Gasteiger partial charge is 0.241 e. The number of carbonyl (C=O) groups excluding carboxylic acids is 1. The lowest BCUT2D eigenvalue weighted by Crippen LogP contribution is -2.33. The van der Waals surface area contributed by atoms with E-state index in [2.05, 4.69) is 5.43 Å². The Morgan fingerprint density at radius 1 is 1.75 bits per heavy atom. The van der Waals surface area contributed by atoms with Crippen LogP contribution in [0.1, 0.15) is 17.7 Å². The lowest BCUT2D eigenvalue weighted by molar-refractivity contribution is -0.122. The molecule has 66 valence electrons. The van der Waals surface area contributed by atoms with E-state index in [4.69, 9.17) is 17.4 Å². The van der Waals surface area contributed by atoms with Crippen molar-refractivity contribution in [3.8, 4) is 0 Å². The minimum absolute atomic E-state index is 0.200. The average molecular weight is 205 g/mol. The molecule has 3 N–H and O–H groups in total. The number of nitrogens with one attached hydrogen (secondary N) is 1. The zero-order valence-electron chi connectivity index (χ0n) is 6.50. The minimum atomic E-state index is -0.229. The summed E-state index contributed by atoms with van der Waals surface area (Å²) in [6.07, 6.45) is 0. The number of hydrogen-bond acceptors (Lipinski definition) is 3. The Labute approximate surface area is 79.5 Å². The molecule has 3 nitrogen and oxygen atoms in total. The number of halogens is 1. The van der Waals surface area contributed by atoms with Gasteiger partial charge < -0.3 is 0 Å². The third-order valence-corrected chi connectivity index (χ3v) is 2.97. The number of amides is 1. The lowest BCUT2D eigenvalue weighted by atomic mass is 10.1. The third-order valence-electron chi connectivity index (χ3n) is 1.56. The zero-order chi connectivity index (χ0) is 9.14. The predicted molar refractivity (Wildman–Crippen MR) is 50.1 cm³/mol. The van der Waals surface area contributed by atoms with Crippen molar-refractivity contribution < 1.29 is 4.79 Å². The van der Waals surface area contributed by atoms with Crippen molar-refractivity contribution in [3.05, 3.63) is 21.3 Å². The molecule has 1 amide bonds. The molecule has 1 aromatic rings. The van der Waals surface area contributed by atoms with E-state index in [1.807, 2.05) is 6.07 Å². The second-order valence-corrected chi connectivity index (χ2v) is 4.12. The van der Waals surface area contributed by atoms with Gasteiger partial charge in [-0.05, 0) is 19.1 Å². The van der Waals surface area contributed by atoms with Gasteiger partial charge >= 0.3 is 0 Å². The van der Waals surface area contributed by atoms with Crippen LogP contribution >= 0.6 is 22.9 Å². The molecule has 1 unspecified atom stereocenters. The predicted octanol–water partition coefficient (Wildman–Crippen LogP) is 1.49. The Morgan fingerprint density at radius 3 is 2.83 bits per heavy atom. The Balaban J connectivity index is 2.77. The molecular formula is C7H9ClN2OS. The van der Waals surface area contributed by atoms with Crippen molar-refractivity contribution in [1.29, 1.82) is 0 Å². The third kappa shape index (κ3) is 1.97. The summed E-state index contributed by atoms with van der Waals surface area (Å²) < 4.78 is 0.682. The Bertz CT molecular complexity index is 287. The van der Waals surface area contributed by atoms with Gasteiger partial charge in [0.05, 0.1) is 10.3 Å². The van der Waals surface area contributed by atoms with Crippen LogP contribution in [-0.4, -0.2) is 5.91 Å². The molecular weight excluding hydrogens is 196 g/mol. The van der Waals surface area contributed by atoms with Crippen LogP contribution in [0.2, 0.25) is 4.34 Å². The monoisotopic (exact) mass is 204 g/mol. The first-order valence-corrected chi connectivity index (χ1v) is 4.60. The number of rotatable bonds is 2. The van der Waals surface area contributed by atoms with Gasteiger partial charge in [0.1, 0.15) is 0 Å². The standard InChI is InChI=1S/C7H9ClN2OS/c1-4(7(11)10-9)5-2-3-6(8)12-5/h2-4H,9H2,1H3,(H,10,11). The summed E-state index contributed by atoms with van der Waals surface area (Å²) in [7, 11) is 0. The molecule has 0 saturated heterocycles. The molecule has 0 bridgehead atoms. The van der Waals surface area contributed by atoms with Crippen LogP contribution in [0.25, 0.3) is 0 Å². The molecule has 0 aliphatic carbocycles. The number of thiophene rings is 1. The number of hydrazine groups is 1. The van der Waals surface area contributed by atoms with Gasteiger partial charge in [-0.2, -0.15) is 0 Å². The summed E-state index contributed by atoms with van der Waals surface area (Å²) in [6, 6.07) is 3.59. The molecule has 1 rings (SSSR count). The highest BCUT2D eigenvalue weighted by molar-refractivity contribution is 7.16. The maximum absolute atomic E-state index is 11.0. The second kappa shape index (κ2) is 3.89. The van der Waals surface area contributed by atoms with E-state index < -0.39 is 0 Å². The average Bonchev–Trinajstić information content (AvgIpc) is 2.49. The molecule has 0 spiro atoms. The van der Waals surface area contributed by atoms with Crippen LogP contribution in [0.4, 0.5) is 0 Å². The molecule has 0 radical (unpaired) electrons. The largest absolute Gasteiger partial charge is 0.294 e. The fraction of sp³-hybridized carbons (Fsp3) is 0.286. The molecule has 0 aliphatic heterocycles. The summed E-state index contributed by atoms with van der Waals surface area (Å²) in [4.78, 5) is 12.0. The van der Waals surface area contributed by atoms with Crippen molar-refractivity contribution in [3.63, 3.8) is 0 Å². The van der Waals surface area contributed by atoms with Gasteiger partial charge in [0, 0.05) is 4.88 Å². The Morgan fingerprint density at radius 2 is 2.42 bits per heavy atom. The normalized spacial score (nSPS) is 12.6. The second-order valence-electron chi connectivity index (χ2n) is 2.37. The summed E-state index contributed by atoms with van der Waals surface area (Å²) in [5, 5.41) is 0. The van der Waals surface area contributed by atoms with Gasteiger partial charge in [0.25, 0.3) is 0 Å². The number of nitrogens with two attached hydrogens (primary N) is 1. The quantitative estimate of drug-likeness (QED) is 0.436. The molecule has 12 heavy (non-hydrogen) atoms. The van der Waals surface area contributed by atoms with Crippen molar-refractivity contribution >= 4 is 28.8 Å². The van der Waals surface area contributed by atoms with Crippen LogP contribution in [-0.2, 0) is 4.79 Å². The topological polar surface area (TPSA) is 55.1 Å². The van der Waals surface area contributed by atoms with E-state index in [0.29, 0.717) is 4.34 Å². The van der Waals surface area contributed by atoms with Crippen molar-refractivity contribution in [1.82, 2.24) is 5.43 Å². The van der Waals surface area contributed by atoms with Crippen molar-refractivity contribution in [2.45, 2.75) is 12.8 Å². The highest BCUT2D eigenvalue weighted by Gasteiger charge is 2.15. The van der Waals surface area contributed by atoms with Gasteiger partial charge in [0.2, 0.25) is 5.91 Å². The summed E-state index contributed by atoms with van der Waals surface area (Å²) in [6.45, 7) is 1.78. The van der Waals surface area contributed by atoms with Crippen LogP contribution in [0.5, 0.6) is 0 Å². The first-order chi connectivity index (χ1) is 5.65. The molecule has 0 fully saturated rings. The fourth-order valence-electron chi connectivity index (χ4n) is 0.815. The van der Waals surface area contributed by atoms with E-state index in [1.54, 1.807) is 13.0 Å². The van der Waals surface area contributed by atoms with Crippen molar-refractivity contribution in [2.75, 3.05) is 0 Å². The lowest BCUT2D eigenvalue weighted by Gasteiger charge is -2.05. The maximum Gasteiger partial charge on any atom is 0.241 e. The molecule has 1 atom stereocenters. The first-order valence-electron chi connectivity index (χ1n) is 3.41. The first kappa shape index (κ1) is 9.51. The van der Waals surface area contributed by atoms with E-state index >= 15 is 0 Å². The zero-order valence-corrected chi connectivity index (χ0v) is 8.08. The Hall–Kier alpha value is -0.580. The Kier molecular flexibility index (Phi) is 3.08. The highest BCUT2D eigenvalue weighted by Crippen LogP contribution is 2.27.